The Morgan fingerprint density at radius 1 is 1.15 bits per heavy atom. The number of hydrogen-bond acceptors (Lipinski definition) is 2. The lowest BCUT2D eigenvalue weighted by molar-refractivity contribution is 0.334. The summed E-state index contributed by atoms with van der Waals surface area (Å²) in [5.74, 6) is 0.598. The molecule has 0 aliphatic carbocycles. The first-order valence-electron chi connectivity index (χ1n) is 6.83. The van der Waals surface area contributed by atoms with E-state index in [4.69, 9.17) is 10.5 Å². The van der Waals surface area contributed by atoms with Gasteiger partial charge in [0.05, 0.1) is 6.61 Å². The van der Waals surface area contributed by atoms with E-state index < -0.39 is 0 Å². The fraction of sp³-hybridized carbons (Fsp3) is 0.294. The molecule has 0 amide bonds. The summed E-state index contributed by atoms with van der Waals surface area (Å²) in [6.45, 7) is 4.60. The topological polar surface area (TPSA) is 35.2 Å². The van der Waals surface area contributed by atoms with E-state index in [0.29, 0.717) is 13.0 Å². The molecule has 2 nitrogen and oxygen atoms in total. The Bertz CT molecular complexity index is 566. The molecule has 1 unspecified atom stereocenters. The molecule has 0 saturated heterocycles. The summed E-state index contributed by atoms with van der Waals surface area (Å²) >= 11 is 0. The van der Waals surface area contributed by atoms with Crippen LogP contribution in [0.3, 0.4) is 0 Å². The van der Waals surface area contributed by atoms with E-state index in [9.17, 15) is 4.39 Å². The summed E-state index contributed by atoms with van der Waals surface area (Å²) in [7, 11) is 0. The van der Waals surface area contributed by atoms with Crippen molar-refractivity contribution in [2.45, 2.75) is 26.3 Å². The van der Waals surface area contributed by atoms with Crippen LogP contribution in [-0.2, 0) is 6.42 Å². The number of benzene rings is 2. The van der Waals surface area contributed by atoms with Crippen LogP contribution in [0.2, 0.25) is 0 Å². The molecule has 106 valence electrons. The SMILES string of the molecule is CCOc1ccc(C)cc1C(N)Cc1ccc(F)cc1. The van der Waals surface area contributed by atoms with Crippen molar-refractivity contribution in [1.29, 1.82) is 0 Å². The fourth-order valence-corrected chi connectivity index (χ4v) is 2.23. The van der Waals surface area contributed by atoms with Crippen LogP contribution < -0.4 is 10.5 Å². The summed E-state index contributed by atoms with van der Waals surface area (Å²) in [6.07, 6.45) is 0.657. The number of rotatable bonds is 5. The Kier molecular flexibility index (Phi) is 4.74. The molecule has 20 heavy (non-hydrogen) atoms. The van der Waals surface area contributed by atoms with E-state index in [-0.39, 0.29) is 11.9 Å². The van der Waals surface area contributed by atoms with Crippen molar-refractivity contribution in [3.8, 4) is 5.75 Å². The maximum atomic E-state index is 12.9. The third kappa shape index (κ3) is 3.58. The van der Waals surface area contributed by atoms with Crippen LogP contribution >= 0.6 is 0 Å². The Morgan fingerprint density at radius 3 is 2.50 bits per heavy atom. The molecule has 3 heteroatoms. The van der Waals surface area contributed by atoms with Crippen molar-refractivity contribution in [3.63, 3.8) is 0 Å². The van der Waals surface area contributed by atoms with Gasteiger partial charge in [0.2, 0.25) is 0 Å². The third-order valence-corrected chi connectivity index (χ3v) is 3.23. The molecule has 1 atom stereocenters. The van der Waals surface area contributed by atoms with Crippen LogP contribution in [-0.4, -0.2) is 6.61 Å². The number of aryl methyl sites for hydroxylation is 1. The predicted molar refractivity (Wildman–Crippen MR) is 79.4 cm³/mol. The Labute approximate surface area is 119 Å². The van der Waals surface area contributed by atoms with Gasteiger partial charge in [-0.3, -0.25) is 0 Å². The summed E-state index contributed by atoms with van der Waals surface area (Å²) in [6, 6.07) is 12.3. The number of nitrogens with two attached hydrogens (primary N) is 1. The van der Waals surface area contributed by atoms with Crippen LogP contribution in [0, 0.1) is 12.7 Å². The van der Waals surface area contributed by atoms with Gasteiger partial charge >= 0.3 is 0 Å². The van der Waals surface area contributed by atoms with Crippen molar-refractivity contribution >= 4 is 0 Å². The van der Waals surface area contributed by atoms with Crippen molar-refractivity contribution < 1.29 is 9.13 Å². The van der Waals surface area contributed by atoms with Crippen molar-refractivity contribution in [2.24, 2.45) is 5.73 Å². The van der Waals surface area contributed by atoms with Crippen molar-refractivity contribution in [2.75, 3.05) is 6.61 Å². The van der Waals surface area contributed by atoms with Crippen LogP contribution in [0.1, 0.15) is 29.7 Å². The van der Waals surface area contributed by atoms with Gasteiger partial charge in [0, 0.05) is 11.6 Å². The Hall–Kier alpha value is -1.87. The highest BCUT2D eigenvalue weighted by atomic mass is 19.1. The second-order valence-corrected chi connectivity index (χ2v) is 4.91. The standard InChI is InChI=1S/C17H20FNO/c1-3-20-17-9-4-12(2)10-15(17)16(19)11-13-5-7-14(18)8-6-13/h4-10,16H,3,11,19H2,1-2H3. The first-order chi connectivity index (χ1) is 9.60. The van der Waals surface area contributed by atoms with Crippen molar-refractivity contribution in [3.05, 3.63) is 65.0 Å². The molecule has 0 saturated carbocycles. The van der Waals surface area contributed by atoms with Gasteiger partial charge in [-0.2, -0.15) is 0 Å². The van der Waals surface area contributed by atoms with Crippen LogP contribution in [0.25, 0.3) is 0 Å². The minimum Gasteiger partial charge on any atom is -0.494 e. The third-order valence-electron chi connectivity index (χ3n) is 3.23. The molecule has 0 aliphatic heterocycles. The molecule has 2 aromatic rings. The minimum atomic E-state index is -0.229. The largest absolute Gasteiger partial charge is 0.494 e. The zero-order chi connectivity index (χ0) is 14.5. The van der Waals surface area contributed by atoms with Gasteiger partial charge < -0.3 is 10.5 Å². The molecule has 0 heterocycles. The van der Waals surface area contributed by atoms with E-state index in [1.54, 1.807) is 12.1 Å². The molecule has 0 aromatic heterocycles. The second-order valence-electron chi connectivity index (χ2n) is 4.91. The molecule has 2 rings (SSSR count). The average molecular weight is 273 g/mol. The average Bonchev–Trinajstić information content (AvgIpc) is 2.43. The van der Waals surface area contributed by atoms with Crippen LogP contribution in [0.4, 0.5) is 4.39 Å². The van der Waals surface area contributed by atoms with E-state index in [1.807, 2.05) is 26.0 Å². The predicted octanol–water partition coefficient (Wildman–Crippen LogP) is 3.78. The zero-order valence-electron chi connectivity index (χ0n) is 11.9. The van der Waals surface area contributed by atoms with Gasteiger partial charge in [0.1, 0.15) is 11.6 Å². The van der Waals surface area contributed by atoms with Gasteiger partial charge in [0.25, 0.3) is 0 Å². The van der Waals surface area contributed by atoms with Gasteiger partial charge in [-0.05, 0) is 44.0 Å². The summed E-state index contributed by atoms with van der Waals surface area (Å²) in [5.41, 5.74) is 9.46. The number of halogens is 1. The number of hydrogen-bond donors (Lipinski definition) is 1. The molecule has 0 fully saturated rings. The molecule has 2 N–H and O–H groups in total. The van der Waals surface area contributed by atoms with Crippen LogP contribution in [0.15, 0.2) is 42.5 Å². The van der Waals surface area contributed by atoms with Gasteiger partial charge in [-0.1, -0.05) is 29.8 Å². The maximum absolute atomic E-state index is 12.9. The summed E-state index contributed by atoms with van der Waals surface area (Å²) in [5, 5.41) is 0. The van der Waals surface area contributed by atoms with Gasteiger partial charge in [-0.25, -0.2) is 4.39 Å². The first kappa shape index (κ1) is 14.5. The number of ether oxygens (including phenoxy) is 1. The molecule has 0 radical (unpaired) electrons. The highest BCUT2D eigenvalue weighted by Gasteiger charge is 2.13. The van der Waals surface area contributed by atoms with E-state index in [0.717, 1.165) is 22.4 Å². The van der Waals surface area contributed by atoms with Gasteiger partial charge in [-0.15, -0.1) is 0 Å². The van der Waals surface area contributed by atoms with Gasteiger partial charge in [0.15, 0.2) is 0 Å². The monoisotopic (exact) mass is 273 g/mol. The second kappa shape index (κ2) is 6.53. The van der Waals surface area contributed by atoms with E-state index >= 15 is 0 Å². The van der Waals surface area contributed by atoms with Crippen LogP contribution in [0.5, 0.6) is 5.75 Å². The molecular weight excluding hydrogens is 253 g/mol. The van der Waals surface area contributed by atoms with Crippen molar-refractivity contribution in [1.82, 2.24) is 0 Å². The molecule has 0 bridgehead atoms. The summed E-state index contributed by atoms with van der Waals surface area (Å²) < 4.78 is 18.5. The maximum Gasteiger partial charge on any atom is 0.124 e. The molecule has 0 aliphatic rings. The normalized spacial score (nSPS) is 12.2. The minimum absolute atomic E-state index is 0.165. The fourth-order valence-electron chi connectivity index (χ4n) is 2.23. The lowest BCUT2D eigenvalue weighted by Crippen LogP contribution is -2.15. The lowest BCUT2D eigenvalue weighted by atomic mass is 9.97. The Balaban J connectivity index is 2.21. The molecule has 0 spiro atoms. The lowest BCUT2D eigenvalue weighted by Gasteiger charge is -2.17. The first-order valence-corrected chi connectivity index (χ1v) is 6.83. The van der Waals surface area contributed by atoms with E-state index in [2.05, 4.69) is 6.07 Å². The molecule has 2 aromatic carbocycles. The summed E-state index contributed by atoms with van der Waals surface area (Å²) in [4.78, 5) is 0. The Morgan fingerprint density at radius 2 is 1.85 bits per heavy atom. The highest BCUT2D eigenvalue weighted by molar-refractivity contribution is 5.40. The highest BCUT2D eigenvalue weighted by Crippen LogP contribution is 2.27. The quantitative estimate of drug-likeness (QED) is 0.900. The van der Waals surface area contributed by atoms with E-state index in [1.165, 1.54) is 12.1 Å². The molecular formula is C17H20FNO. The zero-order valence-corrected chi connectivity index (χ0v) is 11.9. The smallest absolute Gasteiger partial charge is 0.124 e.